The molecule has 1 aliphatic carbocycles. The number of halogens is 3. The molecule has 1 spiro atoms. The van der Waals surface area contributed by atoms with E-state index >= 15 is 0 Å². The number of allylic oxidation sites excluding steroid dienone is 1. The van der Waals surface area contributed by atoms with Gasteiger partial charge in [0, 0.05) is 22.8 Å². The van der Waals surface area contributed by atoms with Crippen LogP contribution in [0.25, 0.3) is 11.0 Å². The van der Waals surface area contributed by atoms with Crippen LogP contribution in [-0.4, -0.2) is 34.1 Å². The molecule has 1 aromatic heterocycles. The van der Waals surface area contributed by atoms with E-state index in [1.165, 1.54) is 6.07 Å². The zero-order chi connectivity index (χ0) is 26.7. The van der Waals surface area contributed by atoms with Crippen molar-refractivity contribution in [1.82, 2.24) is 14.5 Å². The normalized spacial score (nSPS) is 22.8. The predicted molar refractivity (Wildman–Crippen MR) is 142 cm³/mol. The Balaban J connectivity index is 1.12. The molecule has 198 valence electrons. The van der Waals surface area contributed by atoms with Crippen LogP contribution in [0.1, 0.15) is 67.3 Å². The van der Waals surface area contributed by atoms with Gasteiger partial charge in [0.2, 0.25) is 0 Å². The zero-order valence-corrected chi connectivity index (χ0v) is 21.6. The number of alkyl halides is 3. The number of nitrogens with one attached hydrogen (secondary N) is 1. The number of fused-ring (bicyclic) bond motifs is 3. The van der Waals surface area contributed by atoms with Gasteiger partial charge in [0.1, 0.15) is 0 Å². The fourth-order valence-electron chi connectivity index (χ4n) is 6.75. The maximum Gasteiger partial charge on any atom is 0.418 e. The maximum absolute atomic E-state index is 14.1. The molecule has 2 aromatic carbocycles. The molecule has 2 aliphatic heterocycles. The monoisotopic (exact) mass is 519 g/mol. The van der Waals surface area contributed by atoms with Crippen molar-refractivity contribution in [2.45, 2.75) is 63.1 Å². The molecule has 0 atom stereocenters. The van der Waals surface area contributed by atoms with E-state index in [-0.39, 0.29) is 17.0 Å². The first-order valence-electron chi connectivity index (χ1n) is 13.5. The largest absolute Gasteiger partial charge is 0.418 e. The molecule has 0 amide bonds. The van der Waals surface area contributed by atoms with Crippen molar-refractivity contribution in [1.29, 1.82) is 5.26 Å². The summed E-state index contributed by atoms with van der Waals surface area (Å²) in [5.74, 6) is 0.545. The first-order chi connectivity index (χ1) is 18.2. The number of nitriles is 1. The van der Waals surface area contributed by atoms with Gasteiger partial charge >= 0.3 is 6.18 Å². The highest BCUT2D eigenvalue weighted by molar-refractivity contribution is 5.81. The van der Waals surface area contributed by atoms with Crippen LogP contribution in [0.4, 0.5) is 18.9 Å². The molecule has 0 bridgehead atoms. The average Bonchev–Trinajstić information content (AvgIpc) is 3.40. The number of benzene rings is 2. The second kappa shape index (κ2) is 9.16. The van der Waals surface area contributed by atoms with E-state index in [4.69, 9.17) is 0 Å². The van der Waals surface area contributed by atoms with Crippen molar-refractivity contribution in [2.75, 3.05) is 25.0 Å². The molecule has 8 heteroatoms. The van der Waals surface area contributed by atoms with Crippen LogP contribution in [-0.2, 0) is 18.0 Å². The van der Waals surface area contributed by atoms with Gasteiger partial charge in [0.05, 0.1) is 34.6 Å². The van der Waals surface area contributed by atoms with Crippen molar-refractivity contribution < 1.29 is 13.2 Å². The number of anilines is 1. The average molecular weight is 520 g/mol. The highest BCUT2D eigenvalue weighted by Gasteiger charge is 2.44. The van der Waals surface area contributed by atoms with Gasteiger partial charge in [-0.3, -0.25) is 0 Å². The van der Waals surface area contributed by atoms with Crippen molar-refractivity contribution in [3.8, 4) is 6.07 Å². The lowest BCUT2D eigenvalue weighted by Gasteiger charge is -2.40. The number of imidazole rings is 1. The molecular formula is C30H32F3N5. The minimum absolute atomic E-state index is 0.106. The minimum atomic E-state index is -4.41. The van der Waals surface area contributed by atoms with Crippen LogP contribution in [0.15, 0.2) is 48.9 Å². The van der Waals surface area contributed by atoms with Gasteiger partial charge in [-0.05, 0) is 106 Å². The predicted octanol–water partition coefficient (Wildman–Crippen LogP) is 6.80. The van der Waals surface area contributed by atoms with E-state index in [0.717, 1.165) is 68.7 Å². The lowest BCUT2D eigenvalue weighted by molar-refractivity contribution is -0.136. The number of likely N-dealkylation sites (tertiary alicyclic amines) is 1. The standard InChI is InChI=1S/C30H32F3N5/c1-19-12-23(13-19)38-18-35-27-16-21(14-25(28(27)38)30(31,32)33)4-3-9-37-10-7-29(8-11-37)20(2)36-26-6-5-22(17-34)15-24(26)29/h5-6,14-16,18-19,23,36H,2-4,7-13H2,1H3. The van der Waals surface area contributed by atoms with E-state index in [9.17, 15) is 18.4 Å². The molecule has 1 saturated carbocycles. The van der Waals surface area contributed by atoms with Gasteiger partial charge in [-0.25, -0.2) is 4.98 Å². The number of rotatable bonds is 5. The molecule has 3 aliphatic rings. The molecule has 1 saturated heterocycles. The summed E-state index contributed by atoms with van der Waals surface area (Å²) in [5.41, 5.74) is 4.47. The van der Waals surface area contributed by atoms with Crippen molar-refractivity contribution >= 4 is 16.7 Å². The van der Waals surface area contributed by atoms with Crippen LogP contribution in [0.3, 0.4) is 0 Å². The van der Waals surface area contributed by atoms with Gasteiger partial charge < -0.3 is 14.8 Å². The van der Waals surface area contributed by atoms with Crippen LogP contribution in [0, 0.1) is 17.2 Å². The van der Waals surface area contributed by atoms with Gasteiger partial charge in [-0.1, -0.05) is 13.5 Å². The van der Waals surface area contributed by atoms with Gasteiger partial charge in [-0.2, -0.15) is 18.4 Å². The van der Waals surface area contributed by atoms with Crippen LogP contribution in [0.5, 0.6) is 0 Å². The summed E-state index contributed by atoms with van der Waals surface area (Å²) < 4.78 is 44.0. The van der Waals surface area contributed by atoms with Crippen molar-refractivity contribution in [2.24, 2.45) is 5.92 Å². The molecule has 3 aromatic rings. The smallest absolute Gasteiger partial charge is 0.358 e. The Morgan fingerprint density at radius 2 is 1.95 bits per heavy atom. The quantitative estimate of drug-likeness (QED) is 0.403. The third-order valence-corrected chi connectivity index (χ3v) is 8.95. The highest BCUT2D eigenvalue weighted by Crippen LogP contribution is 2.49. The maximum atomic E-state index is 14.1. The number of hydrogen-bond donors (Lipinski definition) is 1. The third-order valence-electron chi connectivity index (χ3n) is 8.95. The Morgan fingerprint density at radius 1 is 1.18 bits per heavy atom. The lowest BCUT2D eigenvalue weighted by atomic mass is 9.72. The van der Waals surface area contributed by atoms with E-state index in [2.05, 4.69) is 34.8 Å². The Labute approximate surface area is 221 Å². The minimum Gasteiger partial charge on any atom is -0.358 e. The summed E-state index contributed by atoms with van der Waals surface area (Å²) in [7, 11) is 0. The first-order valence-corrected chi connectivity index (χ1v) is 13.5. The highest BCUT2D eigenvalue weighted by atomic mass is 19.4. The van der Waals surface area contributed by atoms with E-state index in [1.807, 2.05) is 24.3 Å². The molecule has 5 nitrogen and oxygen atoms in total. The Hall–Kier alpha value is -3.31. The van der Waals surface area contributed by atoms with E-state index in [1.54, 1.807) is 10.9 Å². The Bertz CT molecular complexity index is 1430. The van der Waals surface area contributed by atoms with Crippen LogP contribution >= 0.6 is 0 Å². The Morgan fingerprint density at radius 3 is 2.63 bits per heavy atom. The summed E-state index contributed by atoms with van der Waals surface area (Å²) in [6, 6.07) is 11.3. The third kappa shape index (κ3) is 4.17. The van der Waals surface area contributed by atoms with E-state index in [0.29, 0.717) is 29.0 Å². The lowest BCUT2D eigenvalue weighted by Crippen LogP contribution is -2.43. The molecule has 6 rings (SSSR count). The van der Waals surface area contributed by atoms with Gasteiger partial charge in [-0.15, -0.1) is 0 Å². The number of aryl methyl sites for hydroxylation is 1. The number of piperidine rings is 1. The van der Waals surface area contributed by atoms with Gasteiger partial charge in [0.15, 0.2) is 0 Å². The second-order valence-corrected chi connectivity index (χ2v) is 11.4. The number of aromatic nitrogens is 2. The van der Waals surface area contributed by atoms with E-state index < -0.39 is 11.7 Å². The molecular weight excluding hydrogens is 487 g/mol. The van der Waals surface area contributed by atoms with Crippen molar-refractivity contribution in [3.05, 3.63) is 71.2 Å². The number of hydrogen-bond acceptors (Lipinski definition) is 4. The summed E-state index contributed by atoms with van der Waals surface area (Å²) in [4.78, 5) is 6.77. The summed E-state index contributed by atoms with van der Waals surface area (Å²) >= 11 is 0. The van der Waals surface area contributed by atoms with Gasteiger partial charge in [0.25, 0.3) is 0 Å². The summed E-state index contributed by atoms with van der Waals surface area (Å²) in [6.45, 7) is 9.02. The number of nitrogens with zero attached hydrogens (tertiary/aromatic N) is 4. The Kier molecular flexibility index (Phi) is 6.03. The molecule has 1 N–H and O–H groups in total. The fraction of sp³-hybridized carbons (Fsp3) is 0.467. The zero-order valence-electron chi connectivity index (χ0n) is 21.6. The van der Waals surface area contributed by atoms with Crippen molar-refractivity contribution in [3.63, 3.8) is 0 Å². The topological polar surface area (TPSA) is 56.9 Å². The molecule has 3 heterocycles. The summed E-state index contributed by atoms with van der Waals surface area (Å²) in [6.07, 6.45) is 2.15. The molecule has 2 fully saturated rings. The van der Waals surface area contributed by atoms with Crippen LogP contribution in [0.2, 0.25) is 0 Å². The fourth-order valence-corrected chi connectivity index (χ4v) is 6.75. The molecule has 38 heavy (non-hydrogen) atoms. The second-order valence-electron chi connectivity index (χ2n) is 11.4. The molecule has 0 unspecified atom stereocenters. The van der Waals surface area contributed by atoms with Crippen LogP contribution < -0.4 is 5.32 Å². The SMILES string of the molecule is C=C1Nc2ccc(C#N)cc2C12CCN(CCCc1cc(C(F)(F)F)c3c(c1)ncn3C1CC(C)C1)CC2. The first kappa shape index (κ1) is 25.0. The molecule has 0 radical (unpaired) electrons. The summed E-state index contributed by atoms with van der Waals surface area (Å²) in [5, 5.41) is 12.8.